The lowest BCUT2D eigenvalue weighted by Crippen LogP contribution is -2.31. The summed E-state index contributed by atoms with van der Waals surface area (Å²) in [7, 11) is 0. The van der Waals surface area contributed by atoms with Gasteiger partial charge in [0.1, 0.15) is 18.1 Å². The molecule has 5 nitrogen and oxygen atoms in total. The summed E-state index contributed by atoms with van der Waals surface area (Å²) in [5.74, 6) is 0.0252. The van der Waals surface area contributed by atoms with Crippen LogP contribution in [0.2, 0.25) is 0 Å². The fourth-order valence-electron chi connectivity index (χ4n) is 0.531. The summed E-state index contributed by atoms with van der Waals surface area (Å²) in [6.07, 6.45) is 2.34. The molecule has 0 aliphatic heterocycles. The fraction of sp³-hybridized carbons (Fsp3) is 0.200. The average molecular weight is 141 g/mol. The van der Waals surface area contributed by atoms with Gasteiger partial charge in [-0.05, 0) is 0 Å². The molecule has 1 heterocycles. The summed E-state index contributed by atoms with van der Waals surface area (Å²) in [5, 5.41) is 19.1. The van der Waals surface area contributed by atoms with Gasteiger partial charge in [0.15, 0.2) is 0 Å². The summed E-state index contributed by atoms with van der Waals surface area (Å²) in [6.45, 7) is -0.248. The molecule has 10 heavy (non-hydrogen) atoms. The molecular formula is C5H7N3O2. The second-order valence-electron chi connectivity index (χ2n) is 1.79. The smallest absolute Gasteiger partial charge is 0.294 e. The molecule has 3 N–H and O–H groups in total. The van der Waals surface area contributed by atoms with Crippen LogP contribution in [-0.2, 0) is 6.61 Å². The third-order valence-corrected chi connectivity index (χ3v) is 1.05. The van der Waals surface area contributed by atoms with Crippen molar-refractivity contribution in [2.75, 3.05) is 5.73 Å². The van der Waals surface area contributed by atoms with Gasteiger partial charge < -0.3 is 10.3 Å². The van der Waals surface area contributed by atoms with Crippen molar-refractivity contribution in [2.24, 2.45) is 0 Å². The average Bonchev–Trinajstić information content (AvgIpc) is 1.95. The number of aliphatic hydroxyl groups excluding tert-OH is 1. The lowest BCUT2D eigenvalue weighted by atomic mass is 10.5. The molecule has 1 aromatic heterocycles. The molecule has 0 fully saturated rings. The van der Waals surface area contributed by atoms with Crippen molar-refractivity contribution in [3.8, 4) is 0 Å². The lowest BCUT2D eigenvalue weighted by Gasteiger charge is -2.03. The predicted octanol–water partition coefficient (Wildman–Crippen LogP) is -1.21. The van der Waals surface area contributed by atoms with Gasteiger partial charge >= 0.3 is 0 Å². The number of anilines is 1. The molecule has 0 radical (unpaired) electrons. The van der Waals surface area contributed by atoms with Crippen LogP contribution in [0.4, 0.5) is 5.82 Å². The topological polar surface area (TPSA) is 86.1 Å². The molecule has 0 atom stereocenters. The third-order valence-electron chi connectivity index (χ3n) is 1.05. The number of aromatic nitrogens is 2. The molecule has 0 aliphatic carbocycles. The van der Waals surface area contributed by atoms with Gasteiger partial charge in [-0.3, -0.25) is 5.73 Å². The van der Waals surface area contributed by atoms with Crippen LogP contribution in [0.25, 0.3) is 0 Å². The molecule has 0 bridgehead atoms. The second-order valence-corrected chi connectivity index (χ2v) is 1.79. The van der Waals surface area contributed by atoms with Crippen LogP contribution in [0.5, 0.6) is 0 Å². The van der Waals surface area contributed by atoms with E-state index in [1.54, 1.807) is 0 Å². The number of aliphatic hydroxyl groups is 1. The van der Waals surface area contributed by atoms with Gasteiger partial charge in [-0.2, -0.15) is 0 Å². The minimum atomic E-state index is -0.248. The normalized spacial score (nSPS) is 9.70. The number of nitrogens with zero attached hydrogens (tertiary/aromatic N) is 2. The Kier molecular flexibility index (Phi) is 1.68. The van der Waals surface area contributed by atoms with Crippen molar-refractivity contribution in [1.29, 1.82) is 0 Å². The van der Waals surface area contributed by atoms with E-state index < -0.39 is 0 Å². The Morgan fingerprint density at radius 1 is 1.80 bits per heavy atom. The van der Waals surface area contributed by atoms with E-state index in [0.29, 0.717) is 10.4 Å². The highest BCUT2D eigenvalue weighted by Gasteiger charge is 1.97. The number of hydrogen-bond acceptors (Lipinski definition) is 4. The first-order chi connectivity index (χ1) is 4.74. The van der Waals surface area contributed by atoms with Gasteiger partial charge in [0.05, 0.1) is 6.61 Å². The predicted molar refractivity (Wildman–Crippen MR) is 33.5 cm³/mol. The number of rotatable bonds is 1. The Morgan fingerprint density at radius 2 is 2.50 bits per heavy atom. The van der Waals surface area contributed by atoms with Crippen LogP contribution in [-0.4, -0.2) is 10.1 Å². The Bertz CT molecular complexity index is 238. The van der Waals surface area contributed by atoms with Crippen LogP contribution < -0.4 is 10.5 Å². The minimum absolute atomic E-state index is 0.0252. The fourth-order valence-corrected chi connectivity index (χ4v) is 0.531. The van der Waals surface area contributed by atoms with E-state index in [1.807, 2.05) is 0 Å². The van der Waals surface area contributed by atoms with Crippen LogP contribution in [0.15, 0.2) is 12.4 Å². The SMILES string of the molecule is Nc1cnc(CO)c[n+]1[O-]. The first-order valence-electron chi connectivity index (χ1n) is 2.68. The van der Waals surface area contributed by atoms with Crippen molar-refractivity contribution in [2.45, 2.75) is 6.61 Å². The van der Waals surface area contributed by atoms with E-state index in [1.165, 1.54) is 6.20 Å². The van der Waals surface area contributed by atoms with E-state index >= 15 is 0 Å². The minimum Gasteiger partial charge on any atom is -0.711 e. The lowest BCUT2D eigenvalue weighted by molar-refractivity contribution is -0.591. The van der Waals surface area contributed by atoms with Gasteiger partial charge in [0.2, 0.25) is 0 Å². The molecule has 0 amide bonds. The molecular weight excluding hydrogens is 134 g/mol. The van der Waals surface area contributed by atoms with Gasteiger partial charge in [-0.25, -0.2) is 9.71 Å². The summed E-state index contributed by atoms with van der Waals surface area (Å²) in [5.41, 5.74) is 5.46. The molecule has 54 valence electrons. The number of nitrogens with two attached hydrogens (primary N) is 1. The molecule has 5 heteroatoms. The molecule has 0 saturated heterocycles. The summed E-state index contributed by atoms with van der Waals surface area (Å²) in [4.78, 5) is 3.66. The van der Waals surface area contributed by atoms with Gasteiger partial charge in [0, 0.05) is 0 Å². The number of nitrogen functional groups attached to an aromatic ring is 1. The summed E-state index contributed by atoms with van der Waals surface area (Å²) in [6, 6.07) is 0. The highest BCUT2D eigenvalue weighted by atomic mass is 16.5. The van der Waals surface area contributed by atoms with Crippen molar-refractivity contribution in [3.63, 3.8) is 0 Å². The van der Waals surface area contributed by atoms with Crippen LogP contribution in [0.3, 0.4) is 0 Å². The van der Waals surface area contributed by atoms with Gasteiger partial charge in [0.25, 0.3) is 5.82 Å². The monoisotopic (exact) mass is 141 g/mol. The van der Waals surface area contributed by atoms with E-state index in [2.05, 4.69) is 4.98 Å². The van der Waals surface area contributed by atoms with E-state index in [9.17, 15) is 5.21 Å². The largest absolute Gasteiger partial charge is 0.711 e. The van der Waals surface area contributed by atoms with Crippen molar-refractivity contribution < 1.29 is 9.84 Å². The summed E-state index contributed by atoms with van der Waals surface area (Å²) < 4.78 is 0.457. The zero-order valence-corrected chi connectivity index (χ0v) is 5.19. The first-order valence-corrected chi connectivity index (χ1v) is 2.68. The highest BCUT2D eigenvalue weighted by molar-refractivity contribution is 5.15. The van der Waals surface area contributed by atoms with E-state index in [0.717, 1.165) is 6.20 Å². The van der Waals surface area contributed by atoms with Crippen LogP contribution in [0, 0.1) is 5.21 Å². The molecule has 0 unspecified atom stereocenters. The Morgan fingerprint density at radius 3 is 3.00 bits per heavy atom. The Labute approximate surface area is 57.3 Å². The third kappa shape index (κ3) is 1.14. The maximum absolute atomic E-state index is 10.6. The number of hydrogen-bond donors (Lipinski definition) is 2. The zero-order chi connectivity index (χ0) is 7.56. The molecule has 1 rings (SSSR count). The van der Waals surface area contributed by atoms with Gasteiger partial charge in [-0.15, -0.1) is 0 Å². The molecule has 0 aromatic carbocycles. The zero-order valence-electron chi connectivity index (χ0n) is 5.19. The van der Waals surface area contributed by atoms with E-state index in [4.69, 9.17) is 10.8 Å². The Hall–Kier alpha value is -1.36. The molecule has 0 spiro atoms. The maximum atomic E-state index is 10.6. The van der Waals surface area contributed by atoms with Crippen LogP contribution in [0.1, 0.15) is 5.69 Å². The van der Waals surface area contributed by atoms with Crippen molar-refractivity contribution in [3.05, 3.63) is 23.3 Å². The highest BCUT2D eigenvalue weighted by Crippen LogP contribution is 1.91. The maximum Gasteiger partial charge on any atom is 0.294 e. The first kappa shape index (κ1) is 6.76. The second kappa shape index (κ2) is 2.49. The van der Waals surface area contributed by atoms with Crippen LogP contribution >= 0.6 is 0 Å². The van der Waals surface area contributed by atoms with Crippen molar-refractivity contribution in [1.82, 2.24) is 4.98 Å². The molecule has 0 aliphatic rings. The summed E-state index contributed by atoms with van der Waals surface area (Å²) >= 11 is 0. The quantitative estimate of drug-likeness (QED) is 0.379. The molecule has 0 saturated carbocycles. The Balaban J connectivity index is 3.04. The van der Waals surface area contributed by atoms with Gasteiger partial charge in [-0.1, -0.05) is 0 Å². The van der Waals surface area contributed by atoms with Crippen molar-refractivity contribution >= 4 is 5.82 Å². The molecule has 1 aromatic rings. The standard InChI is InChI=1S/C5H7N3O2/c6-5-1-7-4(3-9)2-8(5)10/h1-2,9H,3,6H2. The van der Waals surface area contributed by atoms with E-state index in [-0.39, 0.29) is 12.4 Å².